The second-order valence-corrected chi connectivity index (χ2v) is 38.1. The first kappa shape index (κ1) is 125. The number of benzene rings is 9. The van der Waals surface area contributed by atoms with Crippen molar-refractivity contribution >= 4 is 0 Å². The van der Waals surface area contributed by atoms with E-state index in [0.717, 1.165) is 129 Å². The van der Waals surface area contributed by atoms with Crippen molar-refractivity contribution in [3.63, 3.8) is 0 Å². The summed E-state index contributed by atoms with van der Waals surface area (Å²) in [6, 6.07) is 72.6. The van der Waals surface area contributed by atoms with Crippen LogP contribution in [0.15, 0.2) is 201 Å². The normalized spacial score (nSPS) is 12.5. The van der Waals surface area contributed by atoms with E-state index in [4.69, 9.17) is 20.2 Å². The number of hydrogen-bond donors (Lipinski definition) is 8. The molecule has 8 N–H and O–H groups in total. The van der Waals surface area contributed by atoms with Crippen molar-refractivity contribution in [1.82, 2.24) is 39.9 Å². The van der Waals surface area contributed by atoms with Gasteiger partial charge in [0, 0.05) is 110 Å². The maximum Gasteiger partial charge on any atom is 0.106 e. The van der Waals surface area contributed by atoms with Gasteiger partial charge in [-0.05, 0) is 193 Å². The zero-order valence-corrected chi connectivity index (χ0v) is 95.5. The summed E-state index contributed by atoms with van der Waals surface area (Å²) in [5, 5.41) is 73.4. The molecule has 16 nitrogen and oxygen atoms in total. The Hall–Kier alpha value is -8.42. The molecule has 4 aromatic heterocycles. The molecule has 13 rings (SSSR count). The van der Waals surface area contributed by atoms with Gasteiger partial charge in [0.05, 0.1) is 71.7 Å². The second-order valence-electron chi connectivity index (χ2n) is 38.1. The predicted octanol–water partition coefficient (Wildman–Crippen LogP) is 25.1. The third-order valence-corrected chi connectivity index (χ3v) is 22.3. The summed E-state index contributed by atoms with van der Waals surface area (Å²) in [6.45, 7) is 58.2. The van der Waals surface area contributed by atoms with E-state index < -0.39 is 0 Å². The third-order valence-electron chi connectivity index (χ3n) is 22.3. The summed E-state index contributed by atoms with van der Waals surface area (Å²) in [4.78, 5) is 36.2. The molecule has 0 bridgehead atoms. The third kappa shape index (κ3) is 43.3. The van der Waals surface area contributed by atoms with Crippen LogP contribution < -0.4 is 0 Å². The molecule has 20 heteroatoms. The summed E-state index contributed by atoms with van der Waals surface area (Å²) in [6.07, 6.45) is 7.72. The van der Waals surface area contributed by atoms with Gasteiger partial charge >= 0.3 is 0 Å². The Morgan fingerprint density at radius 1 is 0.234 bits per heavy atom. The van der Waals surface area contributed by atoms with Crippen LogP contribution in [0.1, 0.15) is 206 Å². The van der Waals surface area contributed by atoms with Crippen molar-refractivity contribution in [3.05, 3.63) is 309 Å². The summed E-state index contributed by atoms with van der Waals surface area (Å²) in [5.41, 5.74) is 35.3. The number of nitrogens with zero attached hydrogens (tertiary/aromatic N) is 8. The van der Waals surface area contributed by atoms with E-state index in [9.17, 15) is 30.6 Å². The van der Waals surface area contributed by atoms with Crippen LogP contribution in [0.4, 0.5) is 0 Å². The molecular weight excluding hydrogens is 2410 g/mol. The van der Waals surface area contributed by atoms with Crippen LogP contribution >= 0.6 is 0 Å². The Balaban J connectivity index is 0.000000545. The molecule has 0 saturated heterocycles. The molecule has 4 radical (unpaired) electrons. The van der Waals surface area contributed by atoms with Gasteiger partial charge < -0.3 is 40.9 Å². The topological polar surface area (TPSA) is 265 Å². The number of hydrogen-bond acceptors (Lipinski definition) is 16. The molecule has 137 heavy (non-hydrogen) atoms. The zero-order chi connectivity index (χ0) is 98.8. The molecule has 0 aliphatic heterocycles. The average molecular weight is 2570 g/mol. The SMILES string of the molecule is CC(C)C(O)CC(O)C(C)C.CC(C)C(O)CC(O)C(C)C.CC(C)C(O)CC(O)C(C)C.CC(O)CC(C)O.Cc1[c-]c(-c2cc(-c3ccccc3)ncn2)cc(C)c1.Cc1[c-]c(-c2ncc(-c3cc(C)cc(C)c3)cn2)cc(C)c1.Cc1[c-]c(-c2ncnc(-c3cc(C)cc(C)c3)c2-c2ccccc2)cc(C)c1.Cc1[c-]c(-c2ncnc(-c3cc(C)cc(C)c3)c2C)cc(C)c1.[Ir].[Ir].[Ir].[Ir]. The molecule has 0 saturated carbocycles. The van der Waals surface area contributed by atoms with Crippen LogP contribution in [-0.4, -0.2) is 130 Å². The second kappa shape index (κ2) is 62.0. The van der Waals surface area contributed by atoms with E-state index in [1.165, 1.54) is 55.6 Å². The van der Waals surface area contributed by atoms with Crippen molar-refractivity contribution in [2.24, 2.45) is 35.5 Å². The zero-order valence-electron chi connectivity index (χ0n) is 86.0. The fourth-order valence-electron chi connectivity index (χ4n) is 14.9. The van der Waals surface area contributed by atoms with Crippen molar-refractivity contribution in [1.29, 1.82) is 0 Å². The first-order valence-electron chi connectivity index (χ1n) is 46.8. The van der Waals surface area contributed by atoms with E-state index in [1.54, 1.807) is 32.8 Å². The molecule has 0 spiro atoms. The quantitative estimate of drug-likeness (QED) is 0.0277. The van der Waals surface area contributed by atoms with Gasteiger partial charge in [-0.25, -0.2) is 15.0 Å². The Bertz CT molecular complexity index is 5280. The smallest absolute Gasteiger partial charge is 0.106 e. The molecule has 4 heterocycles. The largest absolute Gasteiger partial charge is 0.393 e. The number of aromatic nitrogens is 8. The van der Waals surface area contributed by atoms with Crippen LogP contribution in [0.25, 0.3) is 101 Å². The van der Waals surface area contributed by atoms with E-state index in [1.807, 2.05) is 133 Å². The van der Waals surface area contributed by atoms with Gasteiger partial charge in [-0.2, -0.15) is 0 Å². The van der Waals surface area contributed by atoms with E-state index in [0.29, 0.717) is 25.7 Å². The van der Waals surface area contributed by atoms with Crippen LogP contribution in [-0.2, 0) is 80.4 Å². The minimum atomic E-state index is -0.375. The Labute approximate surface area is 874 Å². The number of rotatable bonds is 23. The van der Waals surface area contributed by atoms with Gasteiger partial charge in [0.2, 0.25) is 0 Å². The van der Waals surface area contributed by atoms with Crippen LogP contribution in [0.5, 0.6) is 0 Å². The molecule has 13 aromatic rings. The summed E-state index contributed by atoms with van der Waals surface area (Å²) >= 11 is 0. The molecular formula is C117H150Ir4N8O8-4. The Kier molecular flexibility index (Phi) is 56.4. The van der Waals surface area contributed by atoms with Gasteiger partial charge in [0.15, 0.2) is 0 Å². The minimum Gasteiger partial charge on any atom is -0.393 e. The Morgan fingerprint density at radius 3 is 0.861 bits per heavy atom. The molecule has 9 aromatic carbocycles. The first-order valence-corrected chi connectivity index (χ1v) is 46.8. The van der Waals surface area contributed by atoms with Crippen molar-refractivity contribution < 1.29 is 121 Å². The van der Waals surface area contributed by atoms with E-state index in [-0.39, 0.29) is 165 Å². The van der Waals surface area contributed by atoms with Gasteiger partial charge in [-0.1, -0.05) is 269 Å². The molecule has 0 aliphatic rings. The van der Waals surface area contributed by atoms with Crippen molar-refractivity contribution in [3.8, 4) is 101 Å². The van der Waals surface area contributed by atoms with E-state index >= 15 is 0 Å². The first-order chi connectivity index (χ1) is 62.6. The molecule has 8 unspecified atom stereocenters. The van der Waals surface area contributed by atoms with Crippen molar-refractivity contribution in [2.75, 3.05) is 0 Å². The molecule has 8 atom stereocenters. The van der Waals surface area contributed by atoms with Crippen molar-refractivity contribution in [2.45, 2.75) is 275 Å². The monoisotopic (exact) mass is 2570 g/mol. The molecule has 0 amide bonds. The maximum atomic E-state index is 9.39. The summed E-state index contributed by atoms with van der Waals surface area (Å²) in [7, 11) is 0. The maximum absolute atomic E-state index is 9.39. The van der Waals surface area contributed by atoms with Crippen LogP contribution in [0.3, 0.4) is 0 Å². The van der Waals surface area contributed by atoms with Gasteiger partial charge in [0.25, 0.3) is 0 Å². The number of aryl methyl sites for hydroxylation is 14. The fraction of sp³-hybridized carbons (Fsp3) is 0.402. The van der Waals surface area contributed by atoms with Gasteiger partial charge in [-0.15, -0.1) is 140 Å². The van der Waals surface area contributed by atoms with E-state index in [2.05, 4.69) is 291 Å². The Morgan fingerprint density at radius 2 is 0.511 bits per heavy atom. The number of aliphatic hydroxyl groups is 8. The average Bonchev–Trinajstić information content (AvgIpc) is 0.764. The molecule has 0 aliphatic carbocycles. The van der Waals surface area contributed by atoms with Gasteiger partial charge in [-0.3, -0.25) is 24.9 Å². The van der Waals surface area contributed by atoms with Gasteiger partial charge in [0.1, 0.15) is 19.0 Å². The standard InChI is InChI=1S/C26H23N2.C21H21N2.C20H19N2.C18H15N2.3C9H20O2.C5H12O2.4Ir/c1-17-10-18(2)13-22(12-17)25-24(21-8-6-5-7-9-21)26(28-16-27-25)23-14-19(3)11-20(4)15-23;1-13-6-14(2)9-18(8-13)20-17(5)21(23-12-22-20)19-10-15(3)7-16(4)11-19;1-13-5-14(2)8-17(7-13)19-11-21-20(22-12-19)18-9-15(3)6-16(4)10-18;1-13-8-14(2)10-16(9-13)18-11-17(19-12-20-18)15-6-4-3-5-7-15;3*1-6(2)8(10)5-9(11)7(3)4;1-4(6)3-5(2)7;;;;/h5-14,16H,1-4H3;6-10,12H,1-5H3;5-9,11-12H,1-4H3;3-9,11-12H,1-2H3;3*6-11H,5H2,1-4H3;4-7H,3H2,1-2H3;;;;/q4*-1;;;;;;;;. The fourth-order valence-corrected chi connectivity index (χ4v) is 14.9. The summed E-state index contributed by atoms with van der Waals surface area (Å²) < 4.78 is 0. The minimum absolute atomic E-state index is 0. The molecule has 0 fully saturated rings. The van der Waals surface area contributed by atoms with Crippen LogP contribution in [0, 0.1) is 164 Å². The summed E-state index contributed by atoms with van der Waals surface area (Å²) in [5.74, 6) is 2.16. The number of aliphatic hydroxyl groups excluding tert-OH is 8. The predicted molar refractivity (Wildman–Crippen MR) is 550 cm³/mol. The van der Waals surface area contributed by atoms with Crippen LogP contribution in [0.2, 0.25) is 0 Å². The molecule has 746 valence electrons.